The number of likely N-dealkylation sites (tertiary alicyclic amines) is 1. The van der Waals surface area contributed by atoms with Gasteiger partial charge in [0.15, 0.2) is 0 Å². The van der Waals surface area contributed by atoms with E-state index in [0.29, 0.717) is 26.1 Å². The molecule has 176 valence electrons. The minimum absolute atomic E-state index is 0.0487. The third-order valence-electron chi connectivity index (χ3n) is 7.08. The Balaban J connectivity index is 1.33. The summed E-state index contributed by atoms with van der Waals surface area (Å²) >= 11 is 0. The maximum atomic E-state index is 13.2. The van der Waals surface area contributed by atoms with Crippen molar-refractivity contribution in [2.24, 2.45) is 13.0 Å². The number of amides is 2. The maximum absolute atomic E-state index is 13.2. The van der Waals surface area contributed by atoms with Gasteiger partial charge in [-0.25, -0.2) is 0 Å². The van der Waals surface area contributed by atoms with E-state index in [1.165, 1.54) is 11.3 Å². The van der Waals surface area contributed by atoms with E-state index < -0.39 is 0 Å². The first-order valence-corrected chi connectivity index (χ1v) is 11.9. The van der Waals surface area contributed by atoms with E-state index >= 15 is 0 Å². The highest BCUT2D eigenvalue weighted by Gasteiger charge is 2.26. The molecule has 1 fully saturated rings. The molecule has 0 spiro atoms. The van der Waals surface area contributed by atoms with Crippen LogP contribution in [-0.2, 0) is 18.4 Å². The van der Waals surface area contributed by atoms with Gasteiger partial charge in [0.05, 0.1) is 12.2 Å². The van der Waals surface area contributed by atoms with E-state index in [4.69, 9.17) is 0 Å². The molecule has 3 heterocycles. The molecule has 33 heavy (non-hydrogen) atoms. The fourth-order valence-corrected chi connectivity index (χ4v) is 5.02. The number of fused-ring (bicyclic) bond motifs is 1. The van der Waals surface area contributed by atoms with Gasteiger partial charge in [-0.1, -0.05) is 0 Å². The van der Waals surface area contributed by atoms with Crippen LogP contribution >= 0.6 is 0 Å². The van der Waals surface area contributed by atoms with Gasteiger partial charge in [0.1, 0.15) is 0 Å². The van der Waals surface area contributed by atoms with Crippen molar-refractivity contribution in [3.05, 3.63) is 52.5 Å². The van der Waals surface area contributed by atoms with Crippen LogP contribution in [0.15, 0.2) is 24.3 Å². The van der Waals surface area contributed by atoms with Crippen LogP contribution < -0.4 is 5.32 Å². The van der Waals surface area contributed by atoms with Crippen molar-refractivity contribution in [2.75, 3.05) is 19.6 Å². The van der Waals surface area contributed by atoms with E-state index in [9.17, 15) is 9.59 Å². The number of hydrogen-bond donors (Lipinski definition) is 1. The second kappa shape index (κ2) is 9.41. The summed E-state index contributed by atoms with van der Waals surface area (Å²) in [4.78, 5) is 27.7. The lowest BCUT2D eigenvalue weighted by atomic mass is 9.94. The van der Waals surface area contributed by atoms with Crippen LogP contribution in [0.3, 0.4) is 0 Å². The van der Waals surface area contributed by atoms with Crippen molar-refractivity contribution in [1.29, 1.82) is 0 Å². The Labute approximate surface area is 195 Å². The van der Waals surface area contributed by atoms with Crippen molar-refractivity contribution in [2.45, 2.75) is 53.5 Å². The molecule has 1 saturated heterocycles. The van der Waals surface area contributed by atoms with Crippen molar-refractivity contribution in [3.63, 3.8) is 0 Å². The van der Waals surface area contributed by atoms with E-state index in [0.717, 1.165) is 47.2 Å². The fourth-order valence-electron chi connectivity index (χ4n) is 5.02. The van der Waals surface area contributed by atoms with E-state index in [1.807, 2.05) is 47.7 Å². The average Bonchev–Trinajstić information content (AvgIpc) is 3.23. The summed E-state index contributed by atoms with van der Waals surface area (Å²) in [6.07, 6.45) is 2.36. The zero-order valence-corrected chi connectivity index (χ0v) is 20.4. The zero-order chi connectivity index (χ0) is 23.7. The molecule has 0 bridgehead atoms. The Morgan fingerprint density at radius 3 is 2.67 bits per heavy atom. The van der Waals surface area contributed by atoms with E-state index in [2.05, 4.69) is 35.9 Å². The SMILES string of the molecule is Cc1cc(C)n(CCNC(=O)CC2CCCN(C(=O)c3ccc4c(c3)c(C)c(C)n4C)C2)n1. The molecular weight excluding hydrogens is 414 g/mol. The maximum Gasteiger partial charge on any atom is 0.253 e. The van der Waals surface area contributed by atoms with E-state index in [1.54, 1.807) is 0 Å². The third-order valence-corrected chi connectivity index (χ3v) is 7.08. The first-order valence-electron chi connectivity index (χ1n) is 11.9. The molecule has 1 N–H and O–H groups in total. The number of piperidine rings is 1. The second-order valence-corrected chi connectivity index (χ2v) is 9.47. The smallest absolute Gasteiger partial charge is 0.253 e. The van der Waals surface area contributed by atoms with Gasteiger partial charge in [-0.2, -0.15) is 5.10 Å². The minimum atomic E-state index is 0.0487. The van der Waals surface area contributed by atoms with Gasteiger partial charge in [-0.15, -0.1) is 0 Å². The Bertz CT molecular complexity index is 1190. The summed E-state index contributed by atoms with van der Waals surface area (Å²) in [5, 5.41) is 8.59. The molecule has 2 aromatic heterocycles. The van der Waals surface area contributed by atoms with Gasteiger partial charge < -0.3 is 14.8 Å². The quantitative estimate of drug-likeness (QED) is 0.624. The topological polar surface area (TPSA) is 72.2 Å². The monoisotopic (exact) mass is 449 g/mol. The lowest BCUT2D eigenvalue weighted by Crippen LogP contribution is -2.41. The largest absolute Gasteiger partial charge is 0.354 e. The van der Waals surface area contributed by atoms with Crippen molar-refractivity contribution >= 4 is 22.7 Å². The molecule has 0 saturated carbocycles. The number of benzene rings is 1. The number of aromatic nitrogens is 3. The van der Waals surface area contributed by atoms with Crippen molar-refractivity contribution in [3.8, 4) is 0 Å². The van der Waals surface area contributed by atoms with Crippen LogP contribution in [0.5, 0.6) is 0 Å². The molecule has 2 amide bonds. The highest BCUT2D eigenvalue weighted by atomic mass is 16.2. The number of aryl methyl sites for hydroxylation is 4. The molecule has 7 nitrogen and oxygen atoms in total. The zero-order valence-electron chi connectivity index (χ0n) is 20.4. The minimum Gasteiger partial charge on any atom is -0.354 e. The second-order valence-electron chi connectivity index (χ2n) is 9.47. The Morgan fingerprint density at radius 1 is 1.15 bits per heavy atom. The molecule has 4 rings (SSSR count). The number of nitrogens with one attached hydrogen (secondary N) is 1. The number of rotatable bonds is 6. The normalized spacial score (nSPS) is 16.4. The third kappa shape index (κ3) is 4.82. The lowest BCUT2D eigenvalue weighted by Gasteiger charge is -2.32. The standard InChI is InChI=1S/C26H35N5O2/c1-17-13-18(2)31(28-17)12-10-27-25(32)14-21-7-6-11-30(16-21)26(33)22-8-9-24-23(15-22)19(3)20(4)29(24)5/h8-9,13,15,21H,6-7,10-12,14,16H2,1-5H3,(H,27,32). The van der Waals surface area contributed by atoms with Gasteiger partial charge in [0.25, 0.3) is 5.91 Å². The summed E-state index contributed by atoms with van der Waals surface area (Å²) in [7, 11) is 2.06. The Morgan fingerprint density at radius 2 is 1.94 bits per heavy atom. The van der Waals surface area contributed by atoms with Gasteiger partial charge in [0, 0.05) is 61.0 Å². The Hall–Kier alpha value is -3.09. The molecular formula is C26H35N5O2. The van der Waals surface area contributed by atoms with Crippen LogP contribution in [0.1, 0.15) is 52.3 Å². The molecule has 0 radical (unpaired) electrons. The first kappa shape index (κ1) is 23.1. The van der Waals surface area contributed by atoms with Crippen LogP contribution in [-0.4, -0.2) is 50.7 Å². The summed E-state index contributed by atoms with van der Waals surface area (Å²) < 4.78 is 4.09. The summed E-state index contributed by atoms with van der Waals surface area (Å²) in [5.74, 6) is 0.306. The number of nitrogens with zero attached hydrogens (tertiary/aromatic N) is 4. The summed E-state index contributed by atoms with van der Waals surface area (Å²) in [5.41, 5.74) is 6.40. The van der Waals surface area contributed by atoms with Gasteiger partial charge in [-0.05, 0) is 76.3 Å². The molecule has 1 aromatic carbocycles. The summed E-state index contributed by atoms with van der Waals surface area (Å²) in [6, 6.07) is 8.03. The molecule has 1 aliphatic heterocycles. The number of carbonyl (C=O) groups excluding carboxylic acids is 2. The van der Waals surface area contributed by atoms with Crippen molar-refractivity contribution < 1.29 is 9.59 Å². The number of hydrogen-bond acceptors (Lipinski definition) is 3. The molecule has 0 aliphatic carbocycles. The van der Waals surface area contributed by atoms with Crippen LogP contribution in [0, 0.1) is 33.6 Å². The molecule has 7 heteroatoms. The van der Waals surface area contributed by atoms with Crippen molar-refractivity contribution in [1.82, 2.24) is 24.6 Å². The van der Waals surface area contributed by atoms with Gasteiger partial charge in [-0.3, -0.25) is 14.3 Å². The fraction of sp³-hybridized carbons (Fsp3) is 0.500. The molecule has 1 atom stereocenters. The van der Waals surface area contributed by atoms with Crippen LogP contribution in [0.2, 0.25) is 0 Å². The lowest BCUT2D eigenvalue weighted by molar-refractivity contribution is -0.122. The van der Waals surface area contributed by atoms with E-state index in [-0.39, 0.29) is 17.7 Å². The molecule has 1 unspecified atom stereocenters. The highest BCUT2D eigenvalue weighted by Crippen LogP contribution is 2.27. The molecule has 1 aliphatic rings. The first-order chi connectivity index (χ1) is 15.7. The van der Waals surface area contributed by atoms with Crippen LogP contribution in [0.4, 0.5) is 0 Å². The average molecular weight is 450 g/mol. The predicted molar refractivity (Wildman–Crippen MR) is 130 cm³/mol. The Kier molecular flexibility index (Phi) is 6.58. The number of carbonyl (C=O) groups is 2. The van der Waals surface area contributed by atoms with Gasteiger partial charge in [0.2, 0.25) is 5.91 Å². The summed E-state index contributed by atoms with van der Waals surface area (Å²) in [6.45, 7) is 10.8. The van der Waals surface area contributed by atoms with Crippen LogP contribution in [0.25, 0.3) is 10.9 Å². The van der Waals surface area contributed by atoms with Gasteiger partial charge >= 0.3 is 0 Å². The molecule has 3 aromatic rings. The predicted octanol–water partition coefficient (Wildman–Crippen LogP) is 3.67. The highest BCUT2D eigenvalue weighted by molar-refractivity contribution is 5.99.